The van der Waals surface area contributed by atoms with Crippen molar-refractivity contribution in [1.29, 1.82) is 0 Å². The summed E-state index contributed by atoms with van der Waals surface area (Å²) in [5, 5.41) is 3.05. The third-order valence-electron chi connectivity index (χ3n) is 2.68. The van der Waals surface area contributed by atoms with E-state index < -0.39 is 0 Å². The molecule has 0 aliphatic carbocycles. The van der Waals surface area contributed by atoms with Gasteiger partial charge in [-0.2, -0.15) is 0 Å². The van der Waals surface area contributed by atoms with Gasteiger partial charge in [0.15, 0.2) is 5.82 Å². The molecule has 0 bridgehead atoms. The van der Waals surface area contributed by atoms with Crippen molar-refractivity contribution in [3.63, 3.8) is 0 Å². The molecule has 18 heavy (non-hydrogen) atoms. The van der Waals surface area contributed by atoms with Gasteiger partial charge in [-0.15, -0.1) is 0 Å². The fraction of sp³-hybridized carbons (Fsp3) is 0.308. The van der Waals surface area contributed by atoms with E-state index in [1.54, 1.807) is 0 Å². The van der Waals surface area contributed by atoms with Crippen molar-refractivity contribution in [2.45, 2.75) is 20.8 Å². The van der Waals surface area contributed by atoms with Crippen LogP contribution in [0.2, 0.25) is 0 Å². The molecule has 0 fully saturated rings. The van der Waals surface area contributed by atoms with Crippen LogP contribution in [-0.2, 0) is 0 Å². The van der Waals surface area contributed by atoms with Gasteiger partial charge in [0, 0.05) is 13.2 Å². The van der Waals surface area contributed by atoms with Crippen LogP contribution in [0.1, 0.15) is 16.8 Å². The lowest BCUT2D eigenvalue weighted by molar-refractivity contribution is 1.06. The molecule has 0 aliphatic rings. The zero-order valence-corrected chi connectivity index (χ0v) is 12.5. The highest BCUT2D eigenvalue weighted by Crippen LogP contribution is 2.26. The molecule has 0 radical (unpaired) electrons. The Hall–Kier alpha value is -1.49. The minimum absolute atomic E-state index is 0.651. The molecule has 94 valence electrons. The van der Waals surface area contributed by atoms with Gasteiger partial charge in [-0.05, 0) is 47.8 Å². The molecule has 0 unspecified atom stereocenters. The fourth-order valence-electron chi connectivity index (χ4n) is 1.78. The van der Waals surface area contributed by atoms with Crippen molar-refractivity contribution >= 4 is 21.7 Å². The van der Waals surface area contributed by atoms with Crippen molar-refractivity contribution in [3.8, 4) is 11.5 Å². The first-order valence-corrected chi connectivity index (χ1v) is 6.47. The Kier molecular flexibility index (Phi) is 3.61. The van der Waals surface area contributed by atoms with E-state index in [-0.39, 0.29) is 0 Å². The van der Waals surface area contributed by atoms with E-state index in [2.05, 4.69) is 42.3 Å². The van der Waals surface area contributed by atoms with Crippen LogP contribution in [0, 0.1) is 20.8 Å². The molecular weight excluding hydrogens is 292 g/mol. The van der Waals surface area contributed by atoms with E-state index in [0.717, 1.165) is 32.8 Å². The zero-order chi connectivity index (χ0) is 13.3. The normalized spacial score (nSPS) is 10.5. The Labute approximate surface area is 115 Å². The fourth-order valence-corrected chi connectivity index (χ4v) is 2.16. The molecule has 2 aromatic rings. The molecule has 0 atom stereocenters. The number of rotatable bonds is 2. The van der Waals surface area contributed by atoms with Gasteiger partial charge >= 0.3 is 0 Å². The molecule has 0 saturated heterocycles. The van der Waals surface area contributed by atoms with E-state index >= 15 is 0 Å². The number of anilines is 1. The maximum atomic E-state index is 4.48. The summed E-state index contributed by atoms with van der Waals surface area (Å²) in [6.07, 6.45) is 1.84. The summed E-state index contributed by atoms with van der Waals surface area (Å²) in [6, 6.07) is 2.09. The molecule has 0 spiro atoms. The number of halogens is 1. The maximum Gasteiger partial charge on any atom is 0.180 e. The van der Waals surface area contributed by atoms with Crippen LogP contribution in [-0.4, -0.2) is 22.0 Å². The lowest BCUT2D eigenvalue weighted by Crippen LogP contribution is -2.02. The van der Waals surface area contributed by atoms with Gasteiger partial charge in [-0.1, -0.05) is 6.07 Å². The summed E-state index contributed by atoms with van der Waals surface area (Å²) in [5.74, 6) is 1.43. The second-order valence-corrected chi connectivity index (χ2v) is 5.02. The van der Waals surface area contributed by atoms with Crippen molar-refractivity contribution < 1.29 is 0 Å². The Balaban J connectivity index is 2.60. The minimum Gasteiger partial charge on any atom is -0.372 e. The number of aromatic nitrogens is 3. The smallest absolute Gasteiger partial charge is 0.180 e. The molecule has 4 nitrogen and oxygen atoms in total. The van der Waals surface area contributed by atoms with Gasteiger partial charge in [-0.25, -0.2) is 9.97 Å². The second-order valence-electron chi connectivity index (χ2n) is 4.22. The number of nitrogens with one attached hydrogen (secondary N) is 1. The maximum absolute atomic E-state index is 4.48. The van der Waals surface area contributed by atoms with Crippen LogP contribution in [0.4, 0.5) is 5.82 Å². The van der Waals surface area contributed by atoms with Crippen LogP contribution in [0.25, 0.3) is 11.5 Å². The quantitative estimate of drug-likeness (QED) is 0.925. The Morgan fingerprint density at radius 1 is 1.17 bits per heavy atom. The molecular formula is C13H15BrN4. The van der Waals surface area contributed by atoms with E-state index in [4.69, 9.17) is 0 Å². The average molecular weight is 307 g/mol. The SMILES string of the molecule is CNc1nc(-c2ncc(C)cc2C)nc(C)c1Br. The predicted octanol–water partition coefficient (Wildman–Crippen LogP) is 3.27. The summed E-state index contributed by atoms with van der Waals surface area (Å²) >= 11 is 3.47. The molecule has 0 aromatic carbocycles. The lowest BCUT2D eigenvalue weighted by Gasteiger charge is -2.10. The van der Waals surface area contributed by atoms with Crippen LogP contribution >= 0.6 is 15.9 Å². The highest BCUT2D eigenvalue weighted by Gasteiger charge is 2.12. The molecule has 2 aromatic heterocycles. The molecule has 0 saturated carbocycles. The molecule has 2 heterocycles. The third kappa shape index (κ3) is 2.36. The molecule has 1 N–H and O–H groups in total. The highest BCUT2D eigenvalue weighted by molar-refractivity contribution is 9.10. The summed E-state index contributed by atoms with van der Waals surface area (Å²) in [5.41, 5.74) is 3.94. The van der Waals surface area contributed by atoms with Crippen LogP contribution < -0.4 is 5.32 Å². The zero-order valence-electron chi connectivity index (χ0n) is 10.9. The number of aryl methyl sites for hydroxylation is 3. The van der Waals surface area contributed by atoms with E-state index in [1.165, 1.54) is 0 Å². The Morgan fingerprint density at radius 3 is 2.50 bits per heavy atom. The van der Waals surface area contributed by atoms with Crippen molar-refractivity contribution in [1.82, 2.24) is 15.0 Å². The van der Waals surface area contributed by atoms with Gasteiger partial charge in [0.25, 0.3) is 0 Å². The molecule has 5 heteroatoms. The first kappa shape index (κ1) is 13.0. The van der Waals surface area contributed by atoms with E-state index in [9.17, 15) is 0 Å². The first-order chi connectivity index (χ1) is 8.52. The first-order valence-electron chi connectivity index (χ1n) is 5.68. The van der Waals surface area contributed by atoms with Gasteiger partial charge in [0.2, 0.25) is 0 Å². The monoisotopic (exact) mass is 306 g/mol. The van der Waals surface area contributed by atoms with Gasteiger partial charge in [0.1, 0.15) is 11.5 Å². The molecule has 2 rings (SSSR count). The number of nitrogens with zero attached hydrogens (tertiary/aromatic N) is 3. The van der Waals surface area contributed by atoms with E-state index in [1.807, 2.05) is 34.0 Å². The summed E-state index contributed by atoms with van der Waals surface area (Å²) in [7, 11) is 1.84. The van der Waals surface area contributed by atoms with Gasteiger partial charge in [0.05, 0.1) is 10.2 Å². The minimum atomic E-state index is 0.651. The average Bonchev–Trinajstić information content (AvgIpc) is 2.32. The van der Waals surface area contributed by atoms with Gasteiger partial charge in [-0.3, -0.25) is 4.98 Å². The topological polar surface area (TPSA) is 50.7 Å². The Morgan fingerprint density at radius 2 is 1.89 bits per heavy atom. The predicted molar refractivity (Wildman–Crippen MR) is 76.7 cm³/mol. The largest absolute Gasteiger partial charge is 0.372 e. The number of pyridine rings is 1. The third-order valence-corrected chi connectivity index (χ3v) is 3.63. The standard InChI is InChI=1S/C13H15BrN4/c1-7-5-8(2)11(16-6-7)13-17-9(3)10(14)12(15-4)18-13/h5-6H,1-4H3,(H,15,17,18). The van der Waals surface area contributed by atoms with Crippen LogP contribution in [0.15, 0.2) is 16.7 Å². The Bertz CT molecular complexity index is 596. The summed E-state index contributed by atoms with van der Waals surface area (Å²) < 4.78 is 0.888. The number of hydrogen-bond acceptors (Lipinski definition) is 4. The lowest BCUT2D eigenvalue weighted by atomic mass is 10.1. The van der Waals surface area contributed by atoms with Gasteiger partial charge < -0.3 is 5.32 Å². The van der Waals surface area contributed by atoms with Crippen LogP contribution in [0.5, 0.6) is 0 Å². The summed E-state index contributed by atoms with van der Waals surface area (Å²) in [4.78, 5) is 13.4. The summed E-state index contributed by atoms with van der Waals surface area (Å²) in [6.45, 7) is 5.99. The van der Waals surface area contributed by atoms with Crippen molar-refractivity contribution in [2.75, 3.05) is 12.4 Å². The van der Waals surface area contributed by atoms with E-state index in [0.29, 0.717) is 5.82 Å². The second kappa shape index (κ2) is 5.02. The van der Waals surface area contributed by atoms with Crippen molar-refractivity contribution in [2.24, 2.45) is 0 Å². The molecule has 0 aliphatic heterocycles. The van der Waals surface area contributed by atoms with Crippen LogP contribution in [0.3, 0.4) is 0 Å². The van der Waals surface area contributed by atoms with Crippen molar-refractivity contribution in [3.05, 3.63) is 33.6 Å². The molecule has 0 amide bonds. The number of hydrogen-bond donors (Lipinski definition) is 1. The highest BCUT2D eigenvalue weighted by atomic mass is 79.9.